The Balaban J connectivity index is 2.41. The fraction of sp³-hybridized carbons (Fsp3) is 0.500. The summed E-state index contributed by atoms with van der Waals surface area (Å²) in [6.45, 7) is 7.10. The average Bonchev–Trinajstić information content (AvgIpc) is 2.83. The summed E-state index contributed by atoms with van der Waals surface area (Å²) in [4.78, 5) is 8.94. The van der Waals surface area contributed by atoms with Crippen LogP contribution < -0.4 is 0 Å². The summed E-state index contributed by atoms with van der Waals surface area (Å²) in [7, 11) is 0. The van der Waals surface area contributed by atoms with Crippen molar-refractivity contribution < 1.29 is 0 Å². The van der Waals surface area contributed by atoms with Gasteiger partial charge in [-0.15, -0.1) is 0 Å². The number of aromatic nitrogens is 4. The van der Waals surface area contributed by atoms with Crippen LogP contribution in [0.1, 0.15) is 38.1 Å². The van der Waals surface area contributed by atoms with E-state index in [9.17, 15) is 0 Å². The zero-order valence-corrected chi connectivity index (χ0v) is 12.4. The lowest BCUT2D eigenvalue weighted by Crippen LogP contribution is -2.00. The third-order valence-electron chi connectivity index (χ3n) is 2.97. The zero-order valence-electron chi connectivity index (χ0n) is 11.6. The van der Waals surface area contributed by atoms with E-state index in [-0.39, 0.29) is 0 Å². The van der Waals surface area contributed by atoms with Gasteiger partial charge < -0.3 is 0 Å². The van der Waals surface area contributed by atoms with Crippen molar-refractivity contribution in [3.8, 4) is 11.3 Å². The Hall–Kier alpha value is -1.42. The second kappa shape index (κ2) is 6.15. The highest BCUT2D eigenvalue weighted by molar-refractivity contribution is 6.30. The van der Waals surface area contributed by atoms with Crippen LogP contribution in [0.15, 0.2) is 12.4 Å². The van der Waals surface area contributed by atoms with E-state index in [4.69, 9.17) is 11.6 Å². The molecule has 0 unspecified atom stereocenters. The number of rotatable bonds is 5. The summed E-state index contributed by atoms with van der Waals surface area (Å²) in [5.74, 6) is 0.802. The minimum Gasteiger partial charge on any atom is -0.272 e. The van der Waals surface area contributed by atoms with Crippen molar-refractivity contribution >= 4 is 11.6 Å². The van der Waals surface area contributed by atoms with Crippen LogP contribution in [0.2, 0.25) is 5.15 Å². The van der Waals surface area contributed by atoms with Crippen molar-refractivity contribution in [1.82, 2.24) is 19.7 Å². The van der Waals surface area contributed by atoms with E-state index >= 15 is 0 Å². The third kappa shape index (κ3) is 3.13. The monoisotopic (exact) mass is 278 g/mol. The lowest BCUT2D eigenvalue weighted by molar-refractivity contribution is 0.603. The number of nitrogens with zero attached hydrogens (tertiary/aromatic N) is 4. The van der Waals surface area contributed by atoms with Gasteiger partial charge in [-0.3, -0.25) is 4.68 Å². The van der Waals surface area contributed by atoms with Crippen molar-refractivity contribution in [2.45, 2.75) is 46.6 Å². The Morgan fingerprint density at radius 2 is 2.00 bits per heavy atom. The molecule has 0 radical (unpaired) electrons. The highest BCUT2D eigenvalue weighted by atomic mass is 35.5. The van der Waals surface area contributed by atoms with E-state index in [1.54, 1.807) is 0 Å². The van der Waals surface area contributed by atoms with Crippen molar-refractivity contribution in [2.75, 3.05) is 0 Å². The van der Waals surface area contributed by atoms with Gasteiger partial charge in [-0.2, -0.15) is 5.10 Å². The lowest BCUT2D eigenvalue weighted by Gasteiger charge is -2.07. The molecule has 0 aliphatic heterocycles. The highest BCUT2D eigenvalue weighted by Gasteiger charge is 2.12. The summed E-state index contributed by atoms with van der Waals surface area (Å²) in [6, 6.07) is 0. The van der Waals surface area contributed by atoms with E-state index in [1.165, 1.54) is 0 Å². The maximum Gasteiger partial charge on any atom is 0.136 e. The van der Waals surface area contributed by atoms with Gasteiger partial charge in [0.25, 0.3) is 0 Å². The molecule has 0 saturated carbocycles. The maximum atomic E-state index is 6.19. The van der Waals surface area contributed by atoms with Crippen molar-refractivity contribution in [3.05, 3.63) is 28.9 Å². The second-order valence-electron chi connectivity index (χ2n) is 4.65. The topological polar surface area (TPSA) is 43.6 Å². The molecule has 0 N–H and O–H groups in total. The summed E-state index contributed by atoms with van der Waals surface area (Å²) < 4.78 is 1.93. The third-order valence-corrected chi connectivity index (χ3v) is 3.33. The van der Waals surface area contributed by atoms with Crippen LogP contribution in [-0.4, -0.2) is 19.7 Å². The second-order valence-corrected chi connectivity index (χ2v) is 5.00. The summed E-state index contributed by atoms with van der Waals surface area (Å²) in [5, 5.41) is 4.88. The van der Waals surface area contributed by atoms with Crippen LogP contribution >= 0.6 is 11.6 Å². The van der Waals surface area contributed by atoms with E-state index in [2.05, 4.69) is 28.9 Å². The standard InChI is InChI=1S/C14H19ClN4/c1-4-6-12-17-13(10(3)14(15)18-12)11-8-16-19(9-11)7-5-2/h8-9H,4-7H2,1-3H3. The van der Waals surface area contributed by atoms with Crippen LogP contribution in [0, 0.1) is 6.92 Å². The lowest BCUT2D eigenvalue weighted by atomic mass is 10.1. The molecule has 0 aliphatic carbocycles. The largest absolute Gasteiger partial charge is 0.272 e. The predicted octanol–water partition coefficient (Wildman–Crippen LogP) is 3.66. The van der Waals surface area contributed by atoms with E-state index in [1.807, 2.05) is 24.0 Å². The summed E-state index contributed by atoms with van der Waals surface area (Å²) >= 11 is 6.19. The molecule has 0 spiro atoms. The average molecular weight is 279 g/mol. The predicted molar refractivity (Wildman–Crippen MR) is 77.3 cm³/mol. The SMILES string of the molecule is CCCc1nc(Cl)c(C)c(-c2cnn(CCC)c2)n1. The van der Waals surface area contributed by atoms with Gasteiger partial charge in [0.1, 0.15) is 11.0 Å². The number of aryl methyl sites for hydroxylation is 2. The molecule has 0 aromatic carbocycles. The molecule has 0 fully saturated rings. The normalized spacial score (nSPS) is 10.9. The molecule has 19 heavy (non-hydrogen) atoms. The van der Waals surface area contributed by atoms with Crippen molar-refractivity contribution in [3.63, 3.8) is 0 Å². The smallest absolute Gasteiger partial charge is 0.136 e. The van der Waals surface area contributed by atoms with Gasteiger partial charge in [0.15, 0.2) is 0 Å². The first-order valence-corrected chi connectivity index (χ1v) is 7.09. The quantitative estimate of drug-likeness (QED) is 0.784. The minimum absolute atomic E-state index is 0.539. The van der Waals surface area contributed by atoms with Crippen LogP contribution in [0.5, 0.6) is 0 Å². The Bertz CT molecular complexity index is 563. The molecular formula is C14H19ClN4. The van der Waals surface area contributed by atoms with Crippen LogP contribution in [-0.2, 0) is 13.0 Å². The molecule has 2 aromatic rings. The van der Waals surface area contributed by atoms with Gasteiger partial charge >= 0.3 is 0 Å². The fourth-order valence-electron chi connectivity index (χ4n) is 1.99. The molecule has 2 heterocycles. The van der Waals surface area contributed by atoms with Crippen molar-refractivity contribution in [1.29, 1.82) is 0 Å². The maximum absolute atomic E-state index is 6.19. The molecule has 4 nitrogen and oxygen atoms in total. The summed E-state index contributed by atoms with van der Waals surface area (Å²) in [6.07, 6.45) is 6.78. The first-order chi connectivity index (χ1) is 9.15. The molecule has 0 amide bonds. The van der Waals surface area contributed by atoms with Gasteiger partial charge in [-0.05, 0) is 19.8 Å². The van der Waals surface area contributed by atoms with Gasteiger partial charge in [0.2, 0.25) is 0 Å². The zero-order chi connectivity index (χ0) is 13.8. The van der Waals surface area contributed by atoms with Gasteiger partial charge in [0.05, 0.1) is 11.9 Å². The fourth-order valence-corrected chi connectivity index (χ4v) is 2.17. The van der Waals surface area contributed by atoms with Crippen LogP contribution in [0.3, 0.4) is 0 Å². The molecular weight excluding hydrogens is 260 g/mol. The Morgan fingerprint density at radius 3 is 2.68 bits per heavy atom. The molecule has 0 atom stereocenters. The molecule has 0 saturated heterocycles. The van der Waals surface area contributed by atoms with E-state index < -0.39 is 0 Å². The molecule has 0 bridgehead atoms. The first-order valence-electron chi connectivity index (χ1n) is 6.71. The highest BCUT2D eigenvalue weighted by Crippen LogP contribution is 2.25. The molecule has 0 aliphatic rings. The molecule has 2 rings (SSSR count). The van der Waals surface area contributed by atoms with E-state index in [0.717, 1.165) is 48.5 Å². The van der Waals surface area contributed by atoms with Gasteiger partial charge in [-0.25, -0.2) is 9.97 Å². The number of hydrogen-bond donors (Lipinski definition) is 0. The van der Waals surface area contributed by atoms with Gasteiger partial charge in [-0.1, -0.05) is 25.4 Å². The minimum atomic E-state index is 0.539. The molecule has 2 aromatic heterocycles. The molecule has 5 heteroatoms. The Labute approximate surface area is 118 Å². The first kappa shape index (κ1) is 14.0. The van der Waals surface area contributed by atoms with Crippen LogP contribution in [0.25, 0.3) is 11.3 Å². The van der Waals surface area contributed by atoms with E-state index in [0.29, 0.717) is 5.15 Å². The Morgan fingerprint density at radius 1 is 1.21 bits per heavy atom. The molecule has 102 valence electrons. The van der Waals surface area contributed by atoms with Gasteiger partial charge in [0, 0.05) is 30.3 Å². The van der Waals surface area contributed by atoms with Crippen molar-refractivity contribution in [2.24, 2.45) is 0 Å². The van der Waals surface area contributed by atoms with Crippen LogP contribution in [0.4, 0.5) is 0 Å². The summed E-state index contributed by atoms with van der Waals surface area (Å²) in [5.41, 5.74) is 2.82. The number of hydrogen-bond acceptors (Lipinski definition) is 3. The number of halogens is 1. The Kier molecular flexibility index (Phi) is 4.53.